The lowest BCUT2D eigenvalue weighted by Crippen LogP contribution is -2.45. The van der Waals surface area contributed by atoms with E-state index in [4.69, 9.17) is 9.72 Å². The van der Waals surface area contributed by atoms with Gasteiger partial charge in [0, 0.05) is 52.4 Å². The molecule has 0 aromatic carbocycles. The van der Waals surface area contributed by atoms with Crippen LogP contribution >= 0.6 is 0 Å². The topological polar surface area (TPSA) is 77.5 Å². The van der Waals surface area contributed by atoms with E-state index >= 15 is 0 Å². The summed E-state index contributed by atoms with van der Waals surface area (Å²) in [5.41, 5.74) is 0.617. The molecular weight excluding hydrogens is 384 g/mol. The Hall–Kier alpha value is -2.13. The molecule has 0 bridgehead atoms. The summed E-state index contributed by atoms with van der Waals surface area (Å²) in [5.74, 6) is 0.876. The SMILES string of the molecule is Cn1c(=O)n(CCN2CCOCC2)c(=O)c2c1nc1n2CCCN1C1CCCCC1. The molecule has 2 aliphatic heterocycles. The Balaban J connectivity index is 1.53. The fourth-order valence-electron chi connectivity index (χ4n) is 5.29. The average molecular weight is 417 g/mol. The lowest BCUT2D eigenvalue weighted by molar-refractivity contribution is 0.0361. The summed E-state index contributed by atoms with van der Waals surface area (Å²) in [4.78, 5) is 35.9. The summed E-state index contributed by atoms with van der Waals surface area (Å²) >= 11 is 0. The van der Waals surface area contributed by atoms with Crippen LogP contribution in [0.25, 0.3) is 11.2 Å². The number of morpholine rings is 1. The maximum atomic E-state index is 13.4. The second kappa shape index (κ2) is 8.19. The monoisotopic (exact) mass is 416 g/mol. The maximum absolute atomic E-state index is 13.4. The van der Waals surface area contributed by atoms with Crippen molar-refractivity contribution < 1.29 is 4.74 Å². The zero-order chi connectivity index (χ0) is 20.7. The molecule has 0 spiro atoms. The van der Waals surface area contributed by atoms with E-state index in [0.29, 0.717) is 43.5 Å². The molecule has 9 nitrogen and oxygen atoms in total. The van der Waals surface area contributed by atoms with Crippen molar-refractivity contribution >= 4 is 17.1 Å². The largest absolute Gasteiger partial charge is 0.379 e. The fraction of sp³-hybridized carbons (Fsp3) is 0.762. The molecule has 9 heteroatoms. The number of aryl methyl sites for hydroxylation is 2. The van der Waals surface area contributed by atoms with Crippen LogP contribution < -0.4 is 16.1 Å². The van der Waals surface area contributed by atoms with Crippen LogP contribution in [0.3, 0.4) is 0 Å². The van der Waals surface area contributed by atoms with Crippen LogP contribution in [0.4, 0.5) is 5.95 Å². The van der Waals surface area contributed by atoms with Gasteiger partial charge < -0.3 is 14.2 Å². The Labute approximate surface area is 175 Å². The third kappa shape index (κ3) is 3.37. The number of rotatable bonds is 4. The first kappa shape index (κ1) is 19.8. The molecule has 0 N–H and O–H groups in total. The number of ether oxygens (including phenoxy) is 1. The van der Waals surface area contributed by atoms with Crippen LogP contribution in [0.1, 0.15) is 38.5 Å². The highest BCUT2D eigenvalue weighted by atomic mass is 16.5. The number of anilines is 1. The second-order valence-corrected chi connectivity index (χ2v) is 8.83. The number of nitrogens with zero attached hydrogens (tertiary/aromatic N) is 6. The Bertz CT molecular complexity index is 1030. The summed E-state index contributed by atoms with van der Waals surface area (Å²) in [6.07, 6.45) is 7.20. The highest BCUT2D eigenvalue weighted by molar-refractivity contribution is 5.75. The zero-order valence-corrected chi connectivity index (χ0v) is 17.9. The molecule has 1 saturated carbocycles. The van der Waals surface area contributed by atoms with Crippen LogP contribution in [0, 0.1) is 0 Å². The molecular formula is C21H32N6O3. The van der Waals surface area contributed by atoms with Gasteiger partial charge in [0.2, 0.25) is 5.95 Å². The average Bonchev–Trinajstić information content (AvgIpc) is 3.19. The smallest absolute Gasteiger partial charge is 0.332 e. The number of hydrogen-bond donors (Lipinski definition) is 0. The quantitative estimate of drug-likeness (QED) is 0.733. The second-order valence-electron chi connectivity index (χ2n) is 8.83. The van der Waals surface area contributed by atoms with Crippen molar-refractivity contribution in [2.45, 2.75) is 57.7 Å². The van der Waals surface area contributed by atoms with Crippen molar-refractivity contribution in [3.8, 4) is 0 Å². The fourth-order valence-corrected chi connectivity index (χ4v) is 5.29. The molecule has 164 valence electrons. The summed E-state index contributed by atoms with van der Waals surface area (Å²) in [6, 6.07) is 0.496. The van der Waals surface area contributed by atoms with Crippen molar-refractivity contribution in [3.63, 3.8) is 0 Å². The van der Waals surface area contributed by atoms with Crippen molar-refractivity contribution in [1.29, 1.82) is 0 Å². The van der Waals surface area contributed by atoms with Crippen LogP contribution in [0.15, 0.2) is 9.59 Å². The van der Waals surface area contributed by atoms with Crippen molar-refractivity contribution in [3.05, 3.63) is 20.8 Å². The Morgan fingerprint density at radius 3 is 2.50 bits per heavy atom. The minimum absolute atomic E-state index is 0.203. The highest BCUT2D eigenvalue weighted by Gasteiger charge is 2.30. The van der Waals surface area contributed by atoms with Gasteiger partial charge in [-0.1, -0.05) is 19.3 Å². The molecule has 2 aromatic rings. The molecule has 4 heterocycles. The molecule has 30 heavy (non-hydrogen) atoms. The van der Waals surface area contributed by atoms with E-state index in [0.717, 1.165) is 38.5 Å². The van der Waals surface area contributed by atoms with Gasteiger partial charge in [0.15, 0.2) is 11.2 Å². The molecule has 1 saturated heterocycles. The first-order valence-corrected chi connectivity index (χ1v) is 11.4. The third-order valence-electron chi connectivity index (χ3n) is 7.01. The number of aromatic nitrogens is 4. The first-order chi connectivity index (χ1) is 14.6. The Kier molecular flexibility index (Phi) is 5.41. The molecule has 0 unspecified atom stereocenters. The first-order valence-electron chi connectivity index (χ1n) is 11.4. The standard InChI is InChI=1S/C21H32N6O3/c1-23-18-17(19(28)27(21(23)29)11-10-24-12-14-30-15-13-24)26-9-5-8-25(20(26)22-18)16-6-3-2-4-7-16/h16H,2-15H2,1H3. The van der Waals surface area contributed by atoms with E-state index < -0.39 is 0 Å². The lowest BCUT2D eigenvalue weighted by Gasteiger charge is -2.37. The molecule has 0 atom stereocenters. The summed E-state index contributed by atoms with van der Waals surface area (Å²) < 4.78 is 10.4. The van der Waals surface area contributed by atoms with Gasteiger partial charge in [0.1, 0.15) is 0 Å². The molecule has 0 radical (unpaired) electrons. The van der Waals surface area contributed by atoms with Gasteiger partial charge >= 0.3 is 5.69 Å². The summed E-state index contributed by atoms with van der Waals surface area (Å²) in [5, 5.41) is 0. The Morgan fingerprint density at radius 1 is 0.967 bits per heavy atom. The number of fused-ring (bicyclic) bond motifs is 3. The Morgan fingerprint density at radius 2 is 1.73 bits per heavy atom. The lowest BCUT2D eigenvalue weighted by atomic mass is 9.94. The highest BCUT2D eigenvalue weighted by Crippen LogP contribution is 2.31. The van der Waals surface area contributed by atoms with Gasteiger partial charge in [-0.05, 0) is 19.3 Å². The van der Waals surface area contributed by atoms with E-state index in [1.165, 1.54) is 36.7 Å². The molecule has 3 aliphatic rings. The number of imidazole rings is 1. The summed E-state index contributed by atoms with van der Waals surface area (Å²) in [7, 11) is 1.74. The summed E-state index contributed by atoms with van der Waals surface area (Å²) in [6.45, 7) is 5.94. The minimum atomic E-state index is -0.277. The van der Waals surface area contributed by atoms with Gasteiger partial charge in [-0.2, -0.15) is 4.98 Å². The van der Waals surface area contributed by atoms with Gasteiger partial charge in [0.05, 0.1) is 13.2 Å². The van der Waals surface area contributed by atoms with Crippen molar-refractivity contribution in [2.24, 2.45) is 7.05 Å². The molecule has 0 amide bonds. The molecule has 5 rings (SSSR count). The van der Waals surface area contributed by atoms with Crippen LogP contribution in [0.2, 0.25) is 0 Å². The van der Waals surface area contributed by atoms with Gasteiger partial charge in [-0.3, -0.25) is 18.8 Å². The normalized spacial score (nSPS) is 21.3. The van der Waals surface area contributed by atoms with Crippen LogP contribution in [0.5, 0.6) is 0 Å². The van der Waals surface area contributed by atoms with Crippen molar-refractivity contribution in [1.82, 2.24) is 23.6 Å². The predicted octanol–water partition coefficient (Wildman–Crippen LogP) is 0.772. The molecule has 1 aliphatic carbocycles. The van der Waals surface area contributed by atoms with E-state index in [9.17, 15) is 9.59 Å². The van der Waals surface area contributed by atoms with Crippen molar-refractivity contribution in [2.75, 3.05) is 44.3 Å². The molecule has 2 fully saturated rings. The van der Waals surface area contributed by atoms with Crippen LogP contribution in [-0.4, -0.2) is 69.0 Å². The van der Waals surface area contributed by atoms with Crippen LogP contribution in [-0.2, 0) is 24.9 Å². The molecule has 2 aromatic heterocycles. The maximum Gasteiger partial charge on any atom is 0.332 e. The van der Waals surface area contributed by atoms with Gasteiger partial charge in [0.25, 0.3) is 5.56 Å². The van der Waals surface area contributed by atoms with Gasteiger partial charge in [-0.15, -0.1) is 0 Å². The predicted molar refractivity (Wildman–Crippen MR) is 115 cm³/mol. The zero-order valence-electron chi connectivity index (χ0n) is 17.9. The van der Waals surface area contributed by atoms with E-state index in [2.05, 4.69) is 14.4 Å². The number of hydrogen-bond acceptors (Lipinski definition) is 6. The van der Waals surface area contributed by atoms with Gasteiger partial charge in [-0.25, -0.2) is 4.79 Å². The van der Waals surface area contributed by atoms with E-state index in [1.54, 1.807) is 11.6 Å². The van der Waals surface area contributed by atoms with E-state index in [-0.39, 0.29) is 11.2 Å². The van der Waals surface area contributed by atoms with E-state index in [1.807, 2.05) is 0 Å². The minimum Gasteiger partial charge on any atom is -0.379 e. The third-order valence-corrected chi connectivity index (χ3v) is 7.01.